The molecule has 336 valence electrons. The maximum atomic E-state index is 10.5. The normalized spacial score (nSPS) is 44.2. The van der Waals surface area contributed by atoms with Gasteiger partial charge in [0.2, 0.25) is 0 Å². The van der Waals surface area contributed by atoms with Gasteiger partial charge in [0.15, 0.2) is 0 Å². The van der Waals surface area contributed by atoms with Crippen LogP contribution in [0.4, 0.5) is 0 Å². The van der Waals surface area contributed by atoms with E-state index in [4.69, 9.17) is 18.9 Å². The molecule has 61 heavy (non-hydrogen) atoms. The van der Waals surface area contributed by atoms with Crippen molar-refractivity contribution in [1.82, 2.24) is 9.80 Å². The van der Waals surface area contributed by atoms with Gasteiger partial charge in [-0.1, -0.05) is 46.5 Å². The number of hydrogen-bond donors (Lipinski definition) is 2. The largest absolute Gasteiger partial charge is 0.486 e. The molecule has 16 rings (SSSR count). The molecule has 4 aliphatic heterocycles. The van der Waals surface area contributed by atoms with Gasteiger partial charge in [-0.15, -0.1) is 0 Å². The van der Waals surface area contributed by atoms with E-state index in [1.165, 1.54) is 99.8 Å². The van der Waals surface area contributed by atoms with Gasteiger partial charge in [0, 0.05) is 97.2 Å². The Hall–Kier alpha value is -2.20. The van der Waals surface area contributed by atoms with Crippen LogP contribution >= 0.6 is 0 Å². The summed E-state index contributed by atoms with van der Waals surface area (Å²) in [6.45, 7) is 9.78. The van der Waals surface area contributed by atoms with Crippen LogP contribution in [0.3, 0.4) is 0 Å². The van der Waals surface area contributed by atoms with Crippen LogP contribution < -0.4 is 9.47 Å². The zero-order valence-corrected chi connectivity index (χ0v) is 35.5. The minimum Gasteiger partial charge on any atom is -0.486 e. The van der Waals surface area contributed by atoms with E-state index >= 15 is 0 Å². The second-order valence-electron chi connectivity index (χ2n) is 22.0. The zero-order valence-electron chi connectivity index (χ0n) is 35.5. The Labute approximate surface area is 367 Å². The number of aliphatic hydroxyl groups is 2. The highest BCUT2D eigenvalue weighted by atomic mass is 16.6. The van der Waals surface area contributed by atoms with E-state index in [1.54, 1.807) is 11.1 Å². The van der Waals surface area contributed by atoms with Gasteiger partial charge in [0.25, 0.3) is 0 Å². The van der Waals surface area contributed by atoms with Gasteiger partial charge in [-0.3, -0.25) is 9.80 Å². The fraction of sp³-hybridized carbons (Fsp3) is 0.774. The monoisotopic (exact) mass is 839 g/mol. The second kappa shape index (κ2) is 13.9. The molecule has 14 aliphatic rings. The van der Waals surface area contributed by atoms with Gasteiger partial charge in [-0.25, -0.2) is 0 Å². The summed E-state index contributed by atoms with van der Waals surface area (Å²) in [5.41, 5.74) is 8.60. The molecule has 10 aliphatic carbocycles. The van der Waals surface area contributed by atoms with Crippen molar-refractivity contribution < 1.29 is 29.2 Å². The van der Waals surface area contributed by atoms with Gasteiger partial charge in [-0.2, -0.15) is 0 Å². The van der Waals surface area contributed by atoms with Crippen molar-refractivity contribution in [2.24, 2.45) is 34.5 Å². The van der Waals surface area contributed by atoms with Crippen molar-refractivity contribution in [3.63, 3.8) is 0 Å². The molecular formula is C53H78N2O6. The number of piperidine rings is 2. The molecule has 4 spiro atoms. The maximum absolute atomic E-state index is 10.5. The minimum absolute atomic E-state index is 0. The van der Waals surface area contributed by atoms with Gasteiger partial charge in [0.05, 0.1) is 0 Å². The predicted octanol–water partition coefficient (Wildman–Crippen LogP) is 8.33. The molecule has 12 atom stereocenters. The number of ether oxygens (including phenoxy) is 4. The number of aryl methyl sites for hydroxylation is 2. The Morgan fingerprint density at radius 3 is 1.38 bits per heavy atom. The van der Waals surface area contributed by atoms with E-state index < -0.39 is 0 Å². The number of benzene rings is 2. The lowest BCUT2D eigenvalue weighted by molar-refractivity contribution is -0.281. The number of aliphatic hydroxyl groups excluding tert-OH is 2. The molecule has 2 N–H and O–H groups in total. The van der Waals surface area contributed by atoms with Crippen LogP contribution in [0.15, 0.2) is 24.3 Å². The third-order valence-electron chi connectivity index (χ3n) is 20.5. The number of likely N-dealkylation sites (tertiary alicyclic amines) is 2. The highest BCUT2D eigenvalue weighted by Crippen LogP contribution is 2.78. The van der Waals surface area contributed by atoms with E-state index in [9.17, 15) is 10.2 Å². The van der Waals surface area contributed by atoms with Gasteiger partial charge in [-0.05, 0) is 151 Å². The van der Waals surface area contributed by atoms with Crippen LogP contribution in [0.1, 0.15) is 133 Å². The lowest BCUT2D eigenvalue weighted by Crippen LogP contribution is -2.81. The number of fused-ring (bicyclic) bond motifs is 4. The summed E-state index contributed by atoms with van der Waals surface area (Å²) in [6.07, 6.45) is 17.1. The molecule has 4 heterocycles. The van der Waals surface area contributed by atoms with Gasteiger partial charge < -0.3 is 29.2 Å². The molecule has 2 aromatic carbocycles. The Bertz CT molecular complexity index is 1940. The molecular weight excluding hydrogens is 761 g/mol. The second-order valence-corrected chi connectivity index (χ2v) is 22.0. The Kier molecular flexibility index (Phi) is 9.74. The van der Waals surface area contributed by atoms with Crippen LogP contribution in [-0.4, -0.2) is 109 Å². The van der Waals surface area contributed by atoms with E-state index in [2.05, 4.69) is 47.9 Å². The number of hydrogen-bond acceptors (Lipinski definition) is 8. The number of methoxy groups -OCH3 is 2. The minimum atomic E-state index is -0.347. The lowest BCUT2D eigenvalue weighted by atomic mass is 9.35. The topological polar surface area (TPSA) is 83.9 Å². The SMILES string of the molecule is C.C.C.CO[C@]12CC[C@@]3(CC1CO)[C@H]1Cc4ccc(C)c5c4[C@@]3(CCN1CC1CC1)[C@H]2O5.CO[C@]12CC[C@@]3(C[C@H]1CO)[C@H]1Cc4ccc(C)c5c4[C@@]3(CCN1CC1CC1)[C@H]2O5. The smallest absolute Gasteiger partial charge is 0.138 e. The highest BCUT2D eigenvalue weighted by molar-refractivity contribution is 5.62. The molecule has 0 amide bonds. The van der Waals surface area contributed by atoms with Crippen molar-refractivity contribution in [2.45, 2.75) is 172 Å². The molecule has 10 fully saturated rings. The van der Waals surface area contributed by atoms with E-state index in [-0.39, 0.29) is 92.4 Å². The van der Waals surface area contributed by atoms with E-state index in [1.807, 2.05) is 14.2 Å². The van der Waals surface area contributed by atoms with Crippen LogP contribution in [-0.2, 0) is 33.1 Å². The molecule has 8 heteroatoms. The molecule has 2 saturated heterocycles. The van der Waals surface area contributed by atoms with E-state index in [0.29, 0.717) is 12.1 Å². The molecule has 0 aromatic heterocycles. The number of nitrogens with zero attached hydrogens (tertiary/aromatic N) is 2. The van der Waals surface area contributed by atoms with Crippen molar-refractivity contribution in [1.29, 1.82) is 0 Å². The van der Waals surface area contributed by atoms with Crippen LogP contribution in [0, 0.1) is 48.3 Å². The lowest BCUT2D eigenvalue weighted by Gasteiger charge is -2.73. The first kappa shape index (κ1) is 42.7. The molecule has 8 saturated carbocycles. The summed E-state index contributed by atoms with van der Waals surface area (Å²) in [4.78, 5) is 5.72. The number of rotatable bonds is 8. The third kappa shape index (κ3) is 4.79. The maximum Gasteiger partial charge on any atom is 0.138 e. The van der Waals surface area contributed by atoms with Crippen molar-refractivity contribution in [3.8, 4) is 11.5 Å². The molecule has 1 unspecified atom stereocenters. The summed E-state index contributed by atoms with van der Waals surface area (Å²) in [5, 5.41) is 20.9. The van der Waals surface area contributed by atoms with Gasteiger partial charge >= 0.3 is 0 Å². The van der Waals surface area contributed by atoms with Crippen LogP contribution in [0.5, 0.6) is 11.5 Å². The Balaban J connectivity index is 0.000000139. The average Bonchev–Trinajstić information content (AvgIpc) is 4.18. The summed E-state index contributed by atoms with van der Waals surface area (Å²) in [6, 6.07) is 10.5. The summed E-state index contributed by atoms with van der Waals surface area (Å²) < 4.78 is 26.6. The Morgan fingerprint density at radius 2 is 1.02 bits per heavy atom. The average molecular weight is 839 g/mol. The quantitative estimate of drug-likeness (QED) is 0.275. The molecule has 8 nitrogen and oxygen atoms in total. The van der Waals surface area contributed by atoms with Gasteiger partial charge in [0.1, 0.15) is 34.9 Å². The summed E-state index contributed by atoms with van der Waals surface area (Å²) in [5.74, 6) is 4.52. The first-order valence-corrected chi connectivity index (χ1v) is 23.6. The van der Waals surface area contributed by atoms with Crippen molar-refractivity contribution >= 4 is 0 Å². The van der Waals surface area contributed by atoms with Crippen LogP contribution in [0.25, 0.3) is 0 Å². The first-order valence-electron chi connectivity index (χ1n) is 23.6. The predicted molar refractivity (Wildman–Crippen MR) is 241 cm³/mol. The van der Waals surface area contributed by atoms with E-state index in [0.717, 1.165) is 61.9 Å². The fourth-order valence-electron chi connectivity index (χ4n) is 17.8. The molecule has 0 radical (unpaired) electrons. The van der Waals surface area contributed by atoms with Crippen molar-refractivity contribution in [2.75, 3.05) is 53.6 Å². The fourth-order valence-corrected chi connectivity index (χ4v) is 17.8. The Morgan fingerprint density at radius 1 is 0.607 bits per heavy atom. The third-order valence-corrected chi connectivity index (χ3v) is 20.5. The summed E-state index contributed by atoms with van der Waals surface area (Å²) in [7, 11) is 3.72. The zero-order chi connectivity index (χ0) is 39.2. The highest BCUT2D eigenvalue weighted by Gasteiger charge is 2.82. The van der Waals surface area contributed by atoms with Crippen LogP contribution in [0.2, 0.25) is 0 Å². The van der Waals surface area contributed by atoms with Crippen molar-refractivity contribution in [3.05, 3.63) is 57.6 Å². The first-order chi connectivity index (χ1) is 28.2. The standard InChI is InChI=1S/2C25H33NO3.3CH4/c2*1-15-3-6-17-11-19-23-7-8-25(28-2,18(12-23)14-27)22-24(23,20(17)21(15)29-22)9-10-26(19)13-16-4-5-16;;;/h2*3,6,16,18-19,22,27H,4-5,7-14H2,1-2H3;3*1H4/t18?,19-,22-,23-,24+,25-;18-,19+,22+,23+,24-,25+;;;/m10.../s1. The summed E-state index contributed by atoms with van der Waals surface area (Å²) >= 11 is 0. The molecule has 2 aromatic rings. The molecule has 8 bridgehead atoms.